The average molecular weight is 375 g/mol. The number of aromatic nitrogens is 1. The first-order valence-electron chi connectivity index (χ1n) is 9.85. The van der Waals surface area contributed by atoms with Crippen LogP contribution in [0.15, 0.2) is 60.4 Å². The molecule has 1 saturated heterocycles. The normalized spacial score (nSPS) is 22.9. The largest absolute Gasteiger partial charge is 0.366 e. The third kappa shape index (κ3) is 3.44. The van der Waals surface area contributed by atoms with Gasteiger partial charge in [-0.15, -0.1) is 0 Å². The molecule has 2 aliphatic heterocycles. The minimum atomic E-state index is -0.234. The van der Waals surface area contributed by atoms with Gasteiger partial charge in [0, 0.05) is 19.3 Å². The molecule has 0 spiro atoms. The maximum atomic E-state index is 13.4. The quantitative estimate of drug-likeness (QED) is 0.769. The molecule has 2 amide bonds. The number of benzene rings is 1. The van der Waals surface area contributed by atoms with E-state index in [0.29, 0.717) is 28.8 Å². The lowest BCUT2D eigenvalue weighted by Gasteiger charge is -2.37. The van der Waals surface area contributed by atoms with Gasteiger partial charge in [-0.1, -0.05) is 50.2 Å². The molecule has 0 N–H and O–H groups in total. The number of nitrogens with zero attached hydrogens (tertiary/aromatic N) is 3. The molecule has 4 rings (SSSR count). The zero-order chi connectivity index (χ0) is 19.7. The van der Waals surface area contributed by atoms with E-state index in [9.17, 15) is 9.59 Å². The van der Waals surface area contributed by atoms with Crippen molar-refractivity contribution in [3.05, 3.63) is 71.7 Å². The fraction of sp³-hybridized carbons (Fsp3) is 0.348. The standard InChI is InChI=1S/C23H25N3O2/c1-16-12-17(2)14-25(13-16)21-20(18-8-4-3-5-9-18)22(27)26(23(21)28)15-19-10-6-7-11-24-19/h3-11,16-17H,12-15H2,1-2H3. The highest BCUT2D eigenvalue weighted by Gasteiger charge is 2.42. The van der Waals surface area contributed by atoms with E-state index in [1.165, 1.54) is 4.90 Å². The number of amides is 2. The van der Waals surface area contributed by atoms with E-state index in [0.717, 1.165) is 25.1 Å². The molecular formula is C23H25N3O2. The van der Waals surface area contributed by atoms with Gasteiger partial charge in [-0.3, -0.25) is 19.5 Å². The lowest BCUT2D eigenvalue weighted by molar-refractivity contribution is -0.138. The van der Waals surface area contributed by atoms with Gasteiger partial charge in [-0.2, -0.15) is 0 Å². The van der Waals surface area contributed by atoms with Crippen molar-refractivity contribution in [2.24, 2.45) is 11.8 Å². The highest BCUT2D eigenvalue weighted by atomic mass is 16.2. The van der Waals surface area contributed by atoms with Crippen LogP contribution in [-0.4, -0.2) is 39.7 Å². The number of rotatable bonds is 4. The van der Waals surface area contributed by atoms with Crippen molar-refractivity contribution in [2.45, 2.75) is 26.8 Å². The van der Waals surface area contributed by atoms with Crippen LogP contribution in [0.3, 0.4) is 0 Å². The Morgan fingerprint density at radius 3 is 2.25 bits per heavy atom. The number of carbonyl (C=O) groups excluding carboxylic acids is 2. The second-order valence-corrected chi connectivity index (χ2v) is 7.96. The number of hydrogen-bond donors (Lipinski definition) is 0. The molecule has 0 aliphatic carbocycles. The Bertz CT molecular complexity index is 898. The summed E-state index contributed by atoms with van der Waals surface area (Å²) in [6.07, 6.45) is 2.82. The molecule has 28 heavy (non-hydrogen) atoms. The maximum absolute atomic E-state index is 13.4. The highest BCUT2D eigenvalue weighted by molar-refractivity contribution is 6.35. The molecule has 2 atom stereocenters. The molecule has 144 valence electrons. The summed E-state index contributed by atoms with van der Waals surface area (Å²) in [4.78, 5) is 34.5. The van der Waals surface area contributed by atoms with Crippen molar-refractivity contribution in [1.82, 2.24) is 14.8 Å². The summed E-state index contributed by atoms with van der Waals surface area (Å²) < 4.78 is 0. The number of pyridine rings is 1. The van der Waals surface area contributed by atoms with Crippen molar-refractivity contribution >= 4 is 17.4 Å². The van der Waals surface area contributed by atoms with Crippen molar-refractivity contribution in [2.75, 3.05) is 13.1 Å². The van der Waals surface area contributed by atoms with Crippen LogP contribution in [0.4, 0.5) is 0 Å². The molecule has 0 radical (unpaired) electrons. The molecule has 0 bridgehead atoms. The summed E-state index contributed by atoms with van der Waals surface area (Å²) in [6, 6.07) is 15.1. The SMILES string of the molecule is CC1CC(C)CN(C2=C(c3ccccc3)C(=O)N(Cc3ccccn3)C2=O)C1. The van der Waals surface area contributed by atoms with Gasteiger partial charge in [0.05, 0.1) is 17.8 Å². The van der Waals surface area contributed by atoms with E-state index >= 15 is 0 Å². The summed E-state index contributed by atoms with van der Waals surface area (Å²) in [6.45, 7) is 6.20. The smallest absolute Gasteiger partial charge is 0.278 e. The zero-order valence-corrected chi connectivity index (χ0v) is 16.3. The van der Waals surface area contributed by atoms with E-state index in [1.807, 2.05) is 48.5 Å². The number of carbonyl (C=O) groups is 2. The van der Waals surface area contributed by atoms with E-state index < -0.39 is 0 Å². The summed E-state index contributed by atoms with van der Waals surface area (Å²) in [7, 11) is 0. The van der Waals surface area contributed by atoms with Gasteiger partial charge in [0.15, 0.2) is 0 Å². The van der Waals surface area contributed by atoms with Crippen molar-refractivity contribution in [3.63, 3.8) is 0 Å². The first-order valence-corrected chi connectivity index (χ1v) is 9.85. The van der Waals surface area contributed by atoms with Crippen molar-refractivity contribution in [1.29, 1.82) is 0 Å². The van der Waals surface area contributed by atoms with Crippen LogP contribution < -0.4 is 0 Å². The lowest BCUT2D eigenvalue weighted by Crippen LogP contribution is -2.41. The predicted octanol–water partition coefficient (Wildman–Crippen LogP) is 3.34. The molecule has 1 aromatic heterocycles. The highest BCUT2D eigenvalue weighted by Crippen LogP contribution is 2.35. The summed E-state index contributed by atoms with van der Waals surface area (Å²) >= 11 is 0. The van der Waals surface area contributed by atoms with Gasteiger partial charge in [-0.25, -0.2) is 0 Å². The Morgan fingerprint density at radius 1 is 0.929 bits per heavy atom. The van der Waals surface area contributed by atoms with E-state index in [4.69, 9.17) is 0 Å². The first-order chi connectivity index (χ1) is 13.5. The van der Waals surface area contributed by atoms with Gasteiger partial charge in [0.1, 0.15) is 5.70 Å². The molecule has 3 heterocycles. The number of imide groups is 1. The van der Waals surface area contributed by atoms with Gasteiger partial charge in [0.2, 0.25) is 0 Å². The fourth-order valence-corrected chi connectivity index (χ4v) is 4.36. The van der Waals surface area contributed by atoms with Crippen molar-refractivity contribution in [3.8, 4) is 0 Å². The average Bonchev–Trinajstić information content (AvgIpc) is 2.93. The molecule has 1 aromatic carbocycles. The van der Waals surface area contributed by atoms with Crippen LogP contribution >= 0.6 is 0 Å². The molecule has 1 fully saturated rings. The third-order valence-corrected chi connectivity index (χ3v) is 5.44. The van der Waals surface area contributed by atoms with E-state index in [-0.39, 0.29) is 18.4 Å². The van der Waals surface area contributed by atoms with Crippen LogP contribution in [0.1, 0.15) is 31.5 Å². The molecule has 2 aromatic rings. The summed E-state index contributed by atoms with van der Waals surface area (Å²) in [5.41, 5.74) is 2.57. The summed E-state index contributed by atoms with van der Waals surface area (Å²) in [5.74, 6) is 0.528. The van der Waals surface area contributed by atoms with Crippen LogP contribution in [0.5, 0.6) is 0 Å². The minimum absolute atomic E-state index is 0.192. The van der Waals surface area contributed by atoms with Crippen LogP contribution in [0.25, 0.3) is 5.57 Å². The Balaban J connectivity index is 1.74. The van der Waals surface area contributed by atoms with E-state index in [2.05, 4.69) is 23.7 Å². The van der Waals surface area contributed by atoms with Crippen LogP contribution in [-0.2, 0) is 16.1 Å². The number of hydrogen-bond acceptors (Lipinski definition) is 4. The second-order valence-electron chi connectivity index (χ2n) is 7.96. The second kappa shape index (κ2) is 7.58. The monoisotopic (exact) mass is 375 g/mol. The molecule has 5 nitrogen and oxygen atoms in total. The fourth-order valence-electron chi connectivity index (χ4n) is 4.36. The number of likely N-dealkylation sites (tertiary alicyclic amines) is 1. The van der Waals surface area contributed by atoms with E-state index in [1.54, 1.807) is 6.20 Å². The Labute approximate surface area is 165 Å². The number of piperidine rings is 1. The maximum Gasteiger partial charge on any atom is 0.278 e. The minimum Gasteiger partial charge on any atom is -0.366 e. The van der Waals surface area contributed by atoms with Gasteiger partial charge < -0.3 is 4.90 Å². The van der Waals surface area contributed by atoms with Crippen molar-refractivity contribution < 1.29 is 9.59 Å². The molecule has 2 aliphatic rings. The zero-order valence-electron chi connectivity index (χ0n) is 16.3. The van der Waals surface area contributed by atoms with Gasteiger partial charge >= 0.3 is 0 Å². The van der Waals surface area contributed by atoms with Gasteiger partial charge in [0.25, 0.3) is 11.8 Å². The molecular weight excluding hydrogens is 350 g/mol. The Kier molecular flexibility index (Phi) is 4.99. The molecule has 2 unspecified atom stereocenters. The topological polar surface area (TPSA) is 53.5 Å². The first kappa shape index (κ1) is 18.4. The predicted molar refractivity (Wildman–Crippen MR) is 108 cm³/mol. The molecule has 5 heteroatoms. The van der Waals surface area contributed by atoms with Gasteiger partial charge in [-0.05, 0) is 36.0 Å². The summed E-state index contributed by atoms with van der Waals surface area (Å²) in [5, 5.41) is 0. The third-order valence-electron chi connectivity index (χ3n) is 5.44. The Hall–Kier alpha value is -2.95. The Morgan fingerprint density at radius 2 is 1.61 bits per heavy atom. The molecule has 0 saturated carbocycles. The lowest BCUT2D eigenvalue weighted by atomic mass is 9.91. The van der Waals surface area contributed by atoms with Crippen LogP contribution in [0, 0.1) is 11.8 Å². The van der Waals surface area contributed by atoms with Crippen LogP contribution in [0.2, 0.25) is 0 Å².